The van der Waals surface area contributed by atoms with Gasteiger partial charge in [-0.15, -0.1) is 0 Å². The molecule has 2 rings (SSSR count). The summed E-state index contributed by atoms with van der Waals surface area (Å²) in [7, 11) is 2.07. The zero-order chi connectivity index (χ0) is 15.2. The van der Waals surface area contributed by atoms with Gasteiger partial charge >= 0.3 is 0 Å². The van der Waals surface area contributed by atoms with Crippen LogP contribution in [-0.4, -0.2) is 17.8 Å². The van der Waals surface area contributed by atoms with E-state index in [0.717, 1.165) is 11.0 Å². The SMILES string of the molecule is CN(Cc1cccc(Br)c1)C(CC(=N)N)c1ccccc1. The van der Waals surface area contributed by atoms with E-state index in [1.54, 1.807) is 0 Å². The Morgan fingerprint density at radius 3 is 2.52 bits per heavy atom. The van der Waals surface area contributed by atoms with Crippen molar-refractivity contribution in [2.24, 2.45) is 5.73 Å². The van der Waals surface area contributed by atoms with E-state index in [1.807, 2.05) is 30.3 Å². The van der Waals surface area contributed by atoms with Crippen LogP contribution < -0.4 is 5.73 Å². The highest BCUT2D eigenvalue weighted by Crippen LogP contribution is 2.25. The van der Waals surface area contributed by atoms with Gasteiger partial charge in [-0.05, 0) is 30.3 Å². The monoisotopic (exact) mass is 345 g/mol. The smallest absolute Gasteiger partial charge is 0.0924 e. The fourth-order valence-corrected chi connectivity index (χ4v) is 2.89. The molecule has 0 saturated heterocycles. The Kier molecular flexibility index (Phi) is 5.53. The molecule has 0 bridgehead atoms. The number of benzene rings is 2. The molecule has 0 aliphatic carbocycles. The molecule has 0 amide bonds. The molecule has 3 nitrogen and oxygen atoms in total. The van der Waals surface area contributed by atoms with E-state index in [9.17, 15) is 0 Å². The third kappa shape index (κ3) is 4.69. The second kappa shape index (κ2) is 7.38. The zero-order valence-electron chi connectivity index (χ0n) is 12.1. The van der Waals surface area contributed by atoms with Crippen molar-refractivity contribution >= 4 is 21.8 Å². The highest BCUT2D eigenvalue weighted by atomic mass is 79.9. The number of nitrogens with two attached hydrogens (primary N) is 1. The van der Waals surface area contributed by atoms with E-state index in [-0.39, 0.29) is 11.9 Å². The Morgan fingerprint density at radius 2 is 1.90 bits per heavy atom. The largest absolute Gasteiger partial charge is 0.388 e. The zero-order valence-corrected chi connectivity index (χ0v) is 13.7. The van der Waals surface area contributed by atoms with Gasteiger partial charge in [0.15, 0.2) is 0 Å². The first kappa shape index (κ1) is 15.7. The van der Waals surface area contributed by atoms with Gasteiger partial charge in [0.05, 0.1) is 5.84 Å². The van der Waals surface area contributed by atoms with Gasteiger partial charge in [0.2, 0.25) is 0 Å². The standard InChI is InChI=1S/C17H20BrN3/c1-21(12-13-6-5-9-15(18)10-13)16(11-17(19)20)14-7-3-2-4-8-14/h2-10,16H,11-12H2,1H3,(H3,19,20). The molecule has 2 aromatic rings. The fourth-order valence-electron chi connectivity index (χ4n) is 2.45. The second-order valence-electron chi connectivity index (χ2n) is 5.20. The number of amidine groups is 1. The van der Waals surface area contributed by atoms with Gasteiger partial charge in [0, 0.05) is 23.5 Å². The third-order valence-corrected chi connectivity index (χ3v) is 3.94. The number of nitrogens with zero attached hydrogens (tertiary/aromatic N) is 1. The Bertz CT molecular complexity index is 598. The summed E-state index contributed by atoms with van der Waals surface area (Å²) in [6.45, 7) is 0.812. The van der Waals surface area contributed by atoms with E-state index >= 15 is 0 Å². The van der Waals surface area contributed by atoms with Crippen LogP contribution in [-0.2, 0) is 6.54 Å². The molecule has 1 atom stereocenters. The van der Waals surface area contributed by atoms with Crippen molar-refractivity contribution in [1.82, 2.24) is 4.90 Å². The van der Waals surface area contributed by atoms with Crippen LogP contribution >= 0.6 is 15.9 Å². The van der Waals surface area contributed by atoms with Crippen molar-refractivity contribution in [2.75, 3.05) is 7.05 Å². The second-order valence-corrected chi connectivity index (χ2v) is 6.12. The molecule has 3 N–H and O–H groups in total. The quantitative estimate of drug-likeness (QED) is 0.615. The molecule has 0 aromatic heterocycles. The molecule has 4 heteroatoms. The van der Waals surface area contributed by atoms with E-state index in [4.69, 9.17) is 11.1 Å². The Labute approximate surface area is 134 Å². The van der Waals surface area contributed by atoms with Crippen LogP contribution in [0.1, 0.15) is 23.6 Å². The topological polar surface area (TPSA) is 53.1 Å². The van der Waals surface area contributed by atoms with Crippen LogP contribution in [0.5, 0.6) is 0 Å². The molecule has 110 valence electrons. The number of hydrogen-bond acceptors (Lipinski definition) is 2. The maximum absolute atomic E-state index is 7.62. The van der Waals surface area contributed by atoms with Crippen LogP contribution in [0.15, 0.2) is 59.1 Å². The highest BCUT2D eigenvalue weighted by molar-refractivity contribution is 9.10. The van der Waals surface area contributed by atoms with E-state index in [1.165, 1.54) is 11.1 Å². The van der Waals surface area contributed by atoms with Gasteiger partial charge in [-0.3, -0.25) is 10.3 Å². The predicted octanol–water partition coefficient (Wildman–Crippen LogP) is 3.95. The minimum absolute atomic E-state index is 0.114. The number of nitrogens with one attached hydrogen (secondary N) is 1. The van der Waals surface area contributed by atoms with E-state index in [0.29, 0.717) is 6.42 Å². The molecular weight excluding hydrogens is 326 g/mol. The molecule has 0 fully saturated rings. The van der Waals surface area contributed by atoms with Gasteiger partial charge in [-0.25, -0.2) is 0 Å². The molecule has 0 aliphatic heterocycles. The van der Waals surface area contributed by atoms with Crippen LogP contribution in [0.2, 0.25) is 0 Å². The minimum atomic E-state index is 0.114. The minimum Gasteiger partial charge on any atom is -0.388 e. The molecule has 0 radical (unpaired) electrons. The summed E-state index contributed by atoms with van der Waals surface area (Å²) in [5.41, 5.74) is 8.05. The van der Waals surface area contributed by atoms with E-state index < -0.39 is 0 Å². The molecule has 0 aliphatic rings. The van der Waals surface area contributed by atoms with Crippen molar-refractivity contribution in [3.05, 3.63) is 70.2 Å². The van der Waals surface area contributed by atoms with Crippen LogP contribution in [0.3, 0.4) is 0 Å². The first-order valence-electron chi connectivity index (χ1n) is 6.89. The summed E-state index contributed by atoms with van der Waals surface area (Å²) < 4.78 is 1.08. The summed E-state index contributed by atoms with van der Waals surface area (Å²) in [5.74, 6) is 0.213. The Balaban J connectivity index is 2.18. The lowest BCUT2D eigenvalue weighted by Crippen LogP contribution is -2.28. The van der Waals surface area contributed by atoms with Crippen LogP contribution in [0.4, 0.5) is 0 Å². The summed E-state index contributed by atoms with van der Waals surface area (Å²) >= 11 is 3.50. The lowest BCUT2D eigenvalue weighted by molar-refractivity contribution is 0.241. The van der Waals surface area contributed by atoms with Gasteiger partial charge < -0.3 is 5.73 Å². The predicted molar refractivity (Wildman–Crippen MR) is 91.3 cm³/mol. The maximum Gasteiger partial charge on any atom is 0.0924 e. The van der Waals surface area contributed by atoms with Crippen molar-refractivity contribution in [3.8, 4) is 0 Å². The summed E-state index contributed by atoms with van der Waals surface area (Å²) in [6, 6.07) is 18.6. The average Bonchev–Trinajstić information content (AvgIpc) is 2.45. The lowest BCUT2D eigenvalue weighted by Gasteiger charge is -2.28. The van der Waals surface area contributed by atoms with Crippen molar-refractivity contribution in [2.45, 2.75) is 19.0 Å². The molecule has 0 spiro atoms. The average molecular weight is 346 g/mol. The molecule has 2 aromatic carbocycles. The number of hydrogen-bond donors (Lipinski definition) is 2. The normalized spacial score (nSPS) is 12.3. The number of halogens is 1. The Hall–Kier alpha value is -1.65. The highest BCUT2D eigenvalue weighted by Gasteiger charge is 2.18. The lowest BCUT2D eigenvalue weighted by atomic mass is 10.0. The van der Waals surface area contributed by atoms with Gasteiger partial charge in [-0.1, -0.05) is 58.4 Å². The third-order valence-electron chi connectivity index (χ3n) is 3.45. The number of rotatable bonds is 6. The van der Waals surface area contributed by atoms with Crippen LogP contribution in [0.25, 0.3) is 0 Å². The van der Waals surface area contributed by atoms with E-state index in [2.05, 4.69) is 52.1 Å². The van der Waals surface area contributed by atoms with Crippen molar-refractivity contribution in [3.63, 3.8) is 0 Å². The summed E-state index contributed by atoms with van der Waals surface area (Å²) in [6.07, 6.45) is 0.536. The van der Waals surface area contributed by atoms with Crippen molar-refractivity contribution in [1.29, 1.82) is 5.41 Å². The molecule has 1 unspecified atom stereocenters. The molecule has 0 heterocycles. The molecular formula is C17H20BrN3. The van der Waals surface area contributed by atoms with Crippen LogP contribution in [0, 0.1) is 5.41 Å². The maximum atomic E-state index is 7.62. The first-order valence-corrected chi connectivity index (χ1v) is 7.68. The first-order chi connectivity index (χ1) is 10.1. The van der Waals surface area contributed by atoms with Crippen molar-refractivity contribution < 1.29 is 0 Å². The van der Waals surface area contributed by atoms with Gasteiger partial charge in [-0.2, -0.15) is 0 Å². The summed E-state index contributed by atoms with van der Waals surface area (Å²) in [5, 5.41) is 7.62. The summed E-state index contributed by atoms with van der Waals surface area (Å²) in [4.78, 5) is 2.23. The molecule has 0 saturated carbocycles. The fraction of sp³-hybridized carbons (Fsp3) is 0.235. The Morgan fingerprint density at radius 1 is 1.19 bits per heavy atom. The van der Waals surface area contributed by atoms with Gasteiger partial charge in [0.1, 0.15) is 0 Å². The molecule has 21 heavy (non-hydrogen) atoms. The van der Waals surface area contributed by atoms with Gasteiger partial charge in [0.25, 0.3) is 0 Å².